The van der Waals surface area contributed by atoms with Crippen LogP contribution in [0.4, 0.5) is 0 Å². The Morgan fingerprint density at radius 1 is 1.03 bits per heavy atom. The van der Waals surface area contributed by atoms with E-state index in [9.17, 15) is 4.79 Å². The highest BCUT2D eigenvalue weighted by molar-refractivity contribution is 6.40. The summed E-state index contributed by atoms with van der Waals surface area (Å²) in [7, 11) is 0. The van der Waals surface area contributed by atoms with Gasteiger partial charge in [0.15, 0.2) is 11.9 Å². The largest absolute Gasteiger partial charge is 0.483 e. The topological polar surface area (TPSA) is 73.1 Å². The van der Waals surface area contributed by atoms with Gasteiger partial charge >= 0.3 is 0 Å². The normalized spacial score (nSPS) is 12.1. The van der Waals surface area contributed by atoms with Gasteiger partial charge in [0, 0.05) is 10.0 Å². The van der Waals surface area contributed by atoms with E-state index in [0.717, 1.165) is 0 Å². The minimum atomic E-state index is -0.847. The van der Waals surface area contributed by atoms with Crippen molar-refractivity contribution in [2.45, 2.75) is 19.6 Å². The fourth-order valence-electron chi connectivity index (χ4n) is 2.42. The van der Waals surface area contributed by atoms with Crippen molar-refractivity contribution in [1.82, 2.24) is 5.43 Å². The zero-order valence-electron chi connectivity index (χ0n) is 16.4. The van der Waals surface area contributed by atoms with Crippen LogP contribution in [-0.2, 0) is 11.4 Å². The summed E-state index contributed by atoms with van der Waals surface area (Å²) < 4.78 is 16.7. The third-order valence-corrected chi connectivity index (χ3v) is 5.25. The van der Waals surface area contributed by atoms with Gasteiger partial charge in [-0.25, -0.2) is 5.43 Å². The van der Waals surface area contributed by atoms with Crippen molar-refractivity contribution in [3.63, 3.8) is 0 Å². The molecule has 0 bridgehead atoms. The Balaban J connectivity index is 1.51. The lowest BCUT2D eigenvalue weighted by molar-refractivity contribution is -0.127. The molecule has 0 aliphatic heterocycles. The van der Waals surface area contributed by atoms with Gasteiger partial charge in [0.05, 0.1) is 21.3 Å². The molecule has 11 heteroatoms. The Morgan fingerprint density at radius 3 is 2.41 bits per heavy atom. The van der Waals surface area contributed by atoms with Gasteiger partial charge < -0.3 is 13.9 Å². The molecule has 1 amide bonds. The van der Waals surface area contributed by atoms with E-state index >= 15 is 0 Å². The lowest BCUT2D eigenvalue weighted by Gasteiger charge is -2.14. The highest BCUT2D eigenvalue weighted by Gasteiger charge is 2.16. The number of rotatable bonds is 8. The number of hydrogen-bond acceptors (Lipinski definition) is 5. The molecule has 2 aromatic carbocycles. The van der Waals surface area contributed by atoms with Gasteiger partial charge in [-0.2, -0.15) is 5.10 Å². The van der Waals surface area contributed by atoms with Crippen LogP contribution in [0.2, 0.25) is 25.1 Å². The monoisotopic (exact) mass is 534 g/mol. The van der Waals surface area contributed by atoms with Crippen LogP contribution in [-0.4, -0.2) is 18.2 Å². The van der Waals surface area contributed by atoms with E-state index in [1.165, 1.54) is 24.4 Å². The molecule has 0 radical (unpaired) electrons. The van der Waals surface area contributed by atoms with Crippen LogP contribution < -0.4 is 14.9 Å². The summed E-state index contributed by atoms with van der Waals surface area (Å²) >= 11 is 29.9. The average Bonchev–Trinajstić information content (AvgIpc) is 3.16. The number of benzene rings is 2. The first kappa shape index (κ1) is 24.6. The summed E-state index contributed by atoms with van der Waals surface area (Å²) in [5, 5.41) is 5.60. The fraction of sp³-hybridized carbons (Fsp3) is 0.143. The first-order valence-electron chi connectivity index (χ1n) is 9.03. The van der Waals surface area contributed by atoms with Crippen LogP contribution in [0, 0.1) is 0 Å². The lowest BCUT2D eigenvalue weighted by Crippen LogP contribution is -2.33. The summed E-state index contributed by atoms with van der Waals surface area (Å²) in [6.45, 7) is 1.64. The SMILES string of the molecule is C[C@H](Oc1ccc(Cl)cc1Cl)C(=O)N/N=C\c1ccc(COc2c(Cl)cc(Cl)cc2Cl)o1. The molecule has 32 heavy (non-hydrogen) atoms. The Kier molecular flexibility index (Phi) is 8.57. The first-order valence-corrected chi connectivity index (χ1v) is 10.9. The van der Waals surface area contributed by atoms with Crippen LogP contribution in [0.15, 0.2) is 52.0 Å². The maximum Gasteiger partial charge on any atom is 0.280 e. The molecule has 6 nitrogen and oxygen atoms in total. The van der Waals surface area contributed by atoms with E-state index < -0.39 is 12.0 Å². The Labute approximate surface area is 208 Å². The Hall–Kier alpha value is -2.09. The zero-order valence-corrected chi connectivity index (χ0v) is 20.2. The summed E-state index contributed by atoms with van der Waals surface area (Å²) in [6, 6.07) is 11.1. The minimum absolute atomic E-state index is 0.0774. The Morgan fingerprint density at radius 2 is 1.72 bits per heavy atom. The molecule has 0 unspecified atom stereocenters. The minimum Gasteiger partial charge on any atom is -0.483 e. The molecule has 1 aromatic heterocycles. The average molecular weight is 537 g/mol. The third kappa shape index (κ3) is 6.70. The van der Waals surface area contributed by atoms with E-state index in [1.54, 1.807) is 31.2 Å². The van der Waals surface area contributed by atoms with Crippen molar-refractivity contribution in [2.24, 2.45) is 5.10 Å². The maximum absolute atomic E-state index is 12.2. The molecule has 1 N–H and O–H groups in total. The number of hydrazone groups is 1. The number of furan rings is 1. The van der Waals surface area contributed by atoms with E-state index in [0.29, 0.717) is 38.1 Å². The molecule has 0 spiro atoms. The molecule has 168 valence electrons. The molecule has 1 atom stereocenters. The number of ether oxygens (including phenoxy) is 2. The molecule has 0 aliphatic rings. The molecule has 0 fully saturated rings. The van der Waals surface area contributed by atoms with Crippen LogP contribution in [0.1, 0.15) is 18.4 Å². The number of carbonyl (C=O) groups excluding carboxylic acids is 1. The quantitative estimate of drug-likeness (QED) is 0.248. The molecule has 0 saturated heterocycles. The molecular formula is C21H15Cl5N2O4. The highest BCUT2D eigenvalue weighted by Crippen LogP contribution is 2.36. The number of nitrogens with zero attached hydrogens (tertiary/aromatic N) is 1. The number of halogens is 5. The van der Waals surface area contributed by atoms with Crippen molar-refractivity contribution in [3.8, 4) is 11.5 Å². The number of carbonyl (C=O) groups is 1. The summed E-state index contributed by atoms with van der Waals surface area (Å²) in [4.78, 5) is 12.2. The van der Waals surface area contributed by atoms with E-state index in [-0.39, 0.29) is 16.7 Å². The number of nitrogens with one attached hydrogen (secondary N) is 1. The second kappa shape index (κ2) is 11.2. The molecule has 3 rings (SSSR count). The van der Waals surface area contributed by atoms with Gasteiger partial charge in [-0.1, -0.05) is 58.0 Å². The van der Waals surface area contributed by atoms with E-state index in [2.05, 4.69) is 10.5 Å². The number of hydrogen-bond donors (Lipinski definition) is 1. The molecule has 3 aromatic rings. The summed E-state index contributed by atoms with van der Waals surface area (Å²) in [5.41, 5.74) is 2.37. The maximum atomic E-state index is 12.2. The van der Waals surface area contributed by atoms with Crippen LogP contribution in [0.5, 0.6) is 11.5 Å². The zero-order chi connectivity index (χ0) is 23.3. The van der Waals surface area contributed by atoms with Gasteiger partial charge in [-0.3, -0.25) is 4.79 Å². The van der Waals surface area contributed by atoms with Gasteiger partial charge in [0.2, 0.25) is 0 Å². The van der Waals surface area contributed by atoms with Crippen LogP contribution >= 0.6 is 58.0 Å². The second-order valence-electron chi connectivity index (χ2n) is 6.36. The van der Waals surface area contributed by atoms with Gasteiger partial charge in [0.25, 0.3) is 5.91 Å². The standard InChI is InChI=1S/C21H15Cl5N2O4/c1-11(31-19-5-2-12(22)6-16(19)24)21(29)28-27-9-14-3-4-15(32-14)10-30-20-17(25)7-13(23)8-18(20)26/h2-9,11H,10H2,1H3,(H,28,29)/b27-9-/t11-/m0/s1. The van der Waals surface area contributed by atoms with Crippen molar-refractivity contribution in [3.05, 3.63) is 79.1 Å². The molecular weight excluding hydrogens is 522 g/mol. The number of amides is 1. The van der Waals surface area contributed by atoms with Crippen molar-refractivity contribution < 1.29 is 18.7 Å². The molecule has 0 saturated carbocycles. The molecule has 0 aliphatic carbocycles. The Bertz CT molecular complexity index is 1130. The third-order valence-electron chi connectivity index (χ3n) is 3.94. The predicted molar refractivity (Wildman–Crippen MR) is 127 cm³/mol. The second-order valence-corrected chi connectivity index (χ2v) is 8.45. The highest BCUT2D eigenvalue weighted by atomic mass is 35.5. The molecule has 1 heterocycles. The van der Waals surface area contributed by atoms with Crippen molar-refractivity contribution in [2.75, 3.05) is 0 Å². The van der Waals surface area contributed by atoms with Crippen LogP contribution in [0.25, 0.3) is 0 Å². The fourth-order valence-corrected chi connectivity index (χ4v) is 3.80. The smallest absolute Gasteiger partial charge is 0.280 e. The summed E-state index contributed by atoms with van der Waals surface area (Å²) in [6.07, 6.45) is 0.492. The van der Waals surface area contributed by atoms with E-state index in [4.69, 9.17) is 71.9 Å². The van der Waals surface area contributed by atoms with E-state index in [1.807, 2.05) is 0 Å². The van der Waals surface area contributed by atoms with Gasteiger partial charge in [-0.05, 0) is 49.4 Å². The predicted octanol–water partition coefficient (Wildman–Crippen LogP) is 7.04. The first-order chi connectivity index (χ1) is 15.2. The van der Waals surface area contributed by atoms with Gasteiger partial charge in [-0.15, -0.1) is 0 Å². The van der Waals surface area contributed by atoms with Crippen molar-refractivity contribution >= 4 is 70.1 Å². The van der Waals surface area contributed by atoms with Crippen molar-refractivity contribution in [1.29, 1.82) is 0 Å². The summed E-state index contributed by atoms with van der Waals surface area (Å²) in [5.74, 6) is 1.04. The lowest BCUT2D eigenvalue weighted by atomic mass is 10.3. The van der Waals surface area contributed by atoms with Gasteiger partial charge in [0.1, 0.15) is 23.9 Å². The van der Waals surface area contributed by atoms with Crippen LogP contribution in [0.3, 0.4) is 0 Å².